The molecule has 0 atom stereocenters. The van der Waals surface area contributed by atoms with E-state index in [2.05, 4.69) is 17.1 Å². The third-order valence-electron chi connectivity index (χ3n) is 3.28. The van der Waals surface area contributed by atoms with Crippen LogP contribution in [0.3, 0.4) is 0 Å². The third-order valence-corrected chi connectivity index (χ3v) is 3.28. The summed E-state index contributed by atoms with van der Waals surface area (Å²) in [5.74, 6) is -0.276. The summed E-state index contributed by atoms with van der Waals surface area (Å²) in [6.45, 7) is 9.18. The third kappa shape index (κ3) is 5.80. The van der Waals surface area contributed by atoms with E-state index in [1.807, 2.05) is 0 Å². The van der Waals surface area contributed by atoms with Crippen LogP contribution >= 0.6 is 0 Å². The van der Waals surface area contributed by atoms with Gasteiger partial charge in [-0.15, -0.1) is 0 Å². The highest BCUT2D eigenvalue weighted by molar-refractivity contribution is 5.70. The molecule has 1 aliphatic rings. The van der Waals surface area contributed by atoms with Crippen molar-refractivity contribution in [3.05, 3.63) is 0 Å². The molecule has 1 aliphatic heterocycles. The Bertz CT molecular complexity index is 230. The highest BCUT2D eigenvalue weighted by atomic mass is 16.6. The van der Waals surface area contributed by atoms with Gasteiger partial charge in [-0.05, 0) is 39.4 Å². The zero-order valence-electron chi connectivity index (χ0n) is 11.6. The molecule has 0 radical (unpaired) electrons. The highest BCUT2D eigenvalue weighted by Crippen LogP contribution is 2.10. The number of esters is 1. The Kier molecular flexibility index (Phi) is 7.96. The Morgan fingerprint density at radius 3 is 2.67 bits per heavy atom. The largest absolute Gasteiger partial charge is 0.464 e. The molecular weight excluding hydrogens is 232 g/mol. The van der Waals surface area contributed by atoms with Crippen LogP contribution in [-0.2, 0) is 14.3 Å². The van der Waals surface area contributed by atoms with Crippen LogP contribution in [0.5, 0.6) is 0 Å². The maximum absolute atomic E-state index is 11.1. The number of nitrogens with one attached hydrogen (secondary N) is 1. The van der Waals surface area contributed by atoms with Gasteiger partial charge in [-0.3, -0.25) is 4.90 Å². The van der Waals surface area contributed by atoms with E-state index in [-0.39, 0.29) is 12.6 Å². The van der Waals surface area contributed by atoms with Gasteiger partial charge in [0.2, 0.25) is 0 Å². The van der Waals surface area contributed by atoms with E-state index in [0.717, 1.165) is 26.2 Å². The SMILES string of the molecule is CCOC(=O)COCCN(CC)C1CCNCC1. The first-order chi connectivity index (χ1) is 8.77. The molecule has 1 heterocycles. The second-order valence-corrected chi connectivity index (χ2v) is 4.47. The Morgan fingerprint density at radius 2 is 2.06 bits per heavy atom. The molecule has 5 heteroatoms. The molecular formula is C13H26N2O3. The number of nitrogens with zero attached hydrogens (tertiary/aromatic N) is 1. The zero-order chi connectivity index (χ0) is 13.2. The van der Waals surface area contributed by atoms with Crippen molar-refractivity contribution in [3.8, 4) is 0 Å². The van der Waals surface area contributed by atoms with E-state index in [4.69, 9.17) is 9.47 Å². The summed E-state index contributed by atoms with van der Waals surface area (Å²) in [4.78, 5) is 13.5. The lowest BCUT2D eigenvalue weighted by Gasteiger charge is -2.33. The second-order valence-electron chi connectivity index (χ2n) is 4.47. The molecule has 1 rings (SSSR count). The van der Waals surface area contributed by atoms with Crippen molar-refractivity contribution in [1.82, 2.24) is 10.2 Å². The molecule has 1 fully saturated rings. The summed E-state index contributed by atoms with van der Waals surface area (Å²) in [7, 11) is 0. The number of ether oxygens (including phenoxy) is 2. The van der Waals surface area contributed by atoms with Crippen LogP contribution in [0.15, 0.2) is 0 Å². The van der Waals surface area contributed by atoms with Crippen molar-refractivity contribution in [1.29, 1.82) is 0 Å². The fourth-order valence-electron chi connectivity index (χ4n) is 2.31. The molecule has 0 unspecified atom stereocenters. The normalized spacial score (nSPS) is 17.1. The number of hydrogen-bond donors (Lipinski definition) is 1. The molecule has 0 saturated carbocycles. The van der Waals surface area contributed by atoms with Gasteiger partial charge in [-0.25, -0.2) is 4.79 Å². The van der Waals surface area contributed by atoms with E-state index in [1.54, 1.807) is 6.92 Å². The highest BCUT2D eigenvalue weighted by Gasteiger charge is 2.19. The fraction of sp³-hybridized carbons (Fsp3) is 0.923. The van der Waals surface area contributed by atoms with E-state index in [9.17, 15) is 4.79 Å². The molecule has 0 aromatic carbocycles. The maximum Gasteiger partial charge on any atom is 0.332 e. The molecule has 5 nitrogen and oxygen atoms in total. The van der Waals surface area contributed by atoms with Crippen LogP contribution < -0.4 is 5.32 Å². The Morgan fingerprint density at radius 1 is 1.33 bits per heavy atom. The number of piperidine rings is 1. The number of hydrogen-bond acceptors (Lipinski definition) is 5. The second kappa shape index (κ2) is 9.30. The maximum atomic E-state index is 11.1. The van der Waals surface area contributed by atoms with Crippen LogP contribution in [0.2, 0.25) is 0 Å². The molecule has 1 saturated heterocycles. The van der Waals surface area contributed by atoms with Crippen LogP contribution in [0.1, 0.15) is 26.7 Å². The van der Waals surface area contributed by atoms with Crippen molar-refractivity contribution in [2.24, 2.45) is 0 Å². The average molecular weight is 258 g/mol. The first kappa shape index (κ1) is 15.4. The number of rotatable bonds is 8. The van der Waals surface area contributed by atoms with Crippen molar-refractivity contribution in [2.45, 2.75) is 32.7 Å². The fourth-order valence-corrected chi connectivity index (χ4v) is 2.31. The van der Waals surface area contributed by atoms with Gasteiger partial charge in [0.25, 0.3) is 0 Å². The standard InChI is InChI=1S/C13H26N2O3/c1-3-15(12-5-7-14-8-6-12)9-10-17-11-13(16)18-4-2/h12,14H,3-11H2,1-2H3. The summed E-state index contributed by atoms with van der Waals surface area (Å²) < 4.78 is 10.1. The molecule has 106 valence electrons. The Hall–Kier alpha value is -0.650. The number of likely N-dealkylation sites (N-methyl/N-ethyl adjacent to an activating group) is 1. The smallest absolute Gasteiger partial charge is 0.332 e. The van der Waals surface area contributed by atoms with Gasteiger partial charge < -0.3 is 14.8 Å². The molecule has 0 aromatic rings. The molecule has 0 aromatic heterocycles. The predicted octanol–water partition coefficient (Wildman–Crippen LogP) is 0.640. The quantitative estimate of drug-likeness (QED) is 0.511. The lowest BCUT2D eigenvalue weighted by Crippen LogP contribution is -2.44. The van der Waals surface area contributed by atoms with Gasteiger partial charge in [-0.1, -0.05) is 6.92 Å². The molecule has 18 heavy (non-hydrogen) atoms. The minimum absolute atomic E-state index is 0.0671. The van der Waals surface area contributed by atoms with Crippen LogP contribution in [0.4, 0.5) is 0 Å². The summed E-state index contributed by atoms with van der Waals surface area (Å²) >= 11 is 0. The summed E-state index contributed by atoms with van der Waals surface area (Å²) in [6.07, 6.45) is 2.40. The van der Waals surface area contributed by atoms with E-state index in [1.165, 1.54) is 12.8 Å². The first-order valence-electron chi connectivity index (χ1n) is 6.96. The summed E-state index contributed by atoms with van der Waals surface area (Å²) in [6, 6.07) is 0.655. The molecule has 0 spiro atoms. The lowest BCUT2D eigenvalue weighted by atomic mass is 10.1. The van der Waals surface area contributed by atoms with E-state index in [0.29, 0.717) is 19.3 Å². The van der Waals surface area contributed by atoms with Crippen molar-refractivity contribution < 1.29 is 14.3 Å². The van der Waals surface area contributed by atoms with E-state index < -0.39 is 0 Å². The zero-order valence-corrected chi connectivity index (χ0v) is 11.6. The summed E-state index contributed by atoms with van der Waals surface area (Å²) in [5, 5.41) is 3.37. The average Bonchev–Trinajstić information content (AvgIpc) is 2.40. The van der Waals surface area contributed by atoms with Crippen LogP contribution in [-0.4, -0.2) is 62.9 Å². The minimum Gasteiger partial charge on any atom is -0.464 e. The van der Waals surface area contributed by atoms with Crippen molar-refractivity contribution in [2.75, 3.05) is 46.0 Å². The predicted molar refractivity (Wildman–Crippen MR) is 70.6 cm³/mol. The van der Waals surface area contributed by atoms with Crippen LogP contribution in [0, 0.1) is 0 Å². The van der Waals surface area contributed by atoms with Crippen molar-refractivity contribution >= 4 is 5.97 Å². The van der Waals surface area contributed by atoms with Gasteiger partial charge in [-0.2, -0.15) is 0 Å². The molecule has 0 bridgehead atoms. The van der Waals surface area contributed by atoms with Crippen LogP contribution in [0.25, 0.3) is 0 Å². The monoisotopic (exact) mass is 258 g/mol. The number of carbonyl (C=O) groups is 1. The van der Waals surface area contributed by atoms with Gasteiger partial charge in [0.05, 0.1) is 13.2 Å². The Labute approximate surface area is 110 Å². The van der Waals surface area contributed by atoms with Gasteiger partial charge in [0, 0.05) is 12.6 Å². The summed E-state index contributed by atoms with van der Waals surface area (Å²) in [5.41, 5.74) is 0. The lowest BCUT2D eigenvalue weighted by molar-refractivity contribution is -0.148. The van der Waals surface area contributed by atoms with Gasteiger partial charge in [0.1, 0.15) is 6.61 Å². The first-order valence-corrected chi connectivity index (χ1v) is 6.96. The topological polar surface area (TPSA) is 50.8 Å². The van der Waals surface area contributed by atoms with Gasteiger partial charge >= 0.3 is 5.97 Å². The minimum atomic E-state index is -0.276. The van der Waals surface area contributed by atoms with E-state index >= 15 is 0 Å². The number of carbonyl (C=O) groups excluding carboxylic acids is 1. The molecule has 1 N–H and O–H groups in total. The molecule has 0 aliphatic carbocycles. The van der Waals surface area contributed by atoms with Gasteiger partial charge in [0.15, 0.2) is 0 Å². The Balaban J connectivity index is 2.13. The molecule has 0 amide bonds. The van der Waals surface area contributed by atoms with Crippen molar-refractivity contribution in [3.63, 3.8) is 0 Å².